The molecule has 0 bridgehead atoms. The maximum atomic E-state index is 12.7. The molecule has 0 aromatic carbocycles. The highest BCUT2D eigenvalue weighted by Gasteiger charge is 2.39. The molecule has 1 aromatic rings. The van der Waals surface area contributed by atoms with E-state index in [1.807, 2.05) is 0 Å². The fourth-order valence-electron chi connectivity index (χ4n) is 3.29. The van der Waals surface area contributed by atoms with Crippen molar-refractivity contribution in [1.82, 2.24) is 9.62 Å². The van der Waals surface area contributed by atoms with Crippen LogP contribution in [0.15, 0.2) is 16.3 Å². The number of nitrogens with one attached hydrogen (secondary N) is 1. The zero-order valence-electron chi connectivity index (χ0n) is 14.0. The van der Waals surface area contributed by atoms with Crippen molar-refractivity contribution in [2.75, 3.05) is 13.1 Å². The lowest BCUT2D eigenvalue weighted by Gasteiger charge is -2.41. The number of carbonyl (C=O) groups excluding carboxylic acids is 1. The van der Waals surface area contributed by atoms with Crippen molar-refractivity contribution in [3.63, 3.8) is 0 Å². The molecule has 0 radical (unpaired) electrons. The number of hydrogen-bond donors (Lipinski definition) is 2. The monoisotopic (exact) mass is 372 g/mol. The van der Waals surface area contributed by atoms with E-state index in [2.05, 4.69) is 12.2 Å². The predicted molar refractivity (Wildman–Crippen MR) is 92.6 cm³/mol. The maximum Gasteiger partial charge on any atom is 0.261 e. The summed E-state index contributed by atoms with van der Waals surface area (Å²) in [6.07, 6.45) is 2.81. The maximum absolute atomic E-state index is 12.7. The molecular weight excluding hydrogens is 348 g/mol. The zero-order valence-corrected chi connectivity index (χ0v) is 15.6. The van der Waals surface area contributed by atoms with E-state index in [1.54, 1.807) is 13.0 Å². The third kappa shape index (κ3) is 3.66. The highest BCUT2D eigenvalue weighted by molar-refractivity contribution is 7.91. The van der Waals surface area contributed by atoms with Crippen LogP contribution in [0.25, 0.3) is 0 Å². The molecular formula is C16H24N2O4S2. The molecule has 2 aliphatic rings. The molecule has 3 rings (SSSR count). The summed E-state index contributed by atoms with van der Waals surface area (Å²) in [5.41, 5.74) is -0.701. The molecule has 0 atom stereocenters. The Morgan fingerprint density at radius 2 is 1.96 bits per heavy atom. The van der Waals surface area contributed by atoms with E-state index in [4.69, 9.17) is 0 Å². The minimum Gasteiger partial charge on any atom is -0.390 e. The second-order valence-corrected chi connectivity index (χ2v) is 10.5. The number of amides is 1. The average Bonchev–Trinajstić information content (AvgIpc) is 2.96. The van der Waals surface area contributed by atoms with Gasteiger partial charge in [0.15, 0.2) is 0 Å². The zero-order chi connectivity index (χ0) is 17.5. The summed E-state index contributed by atoms with van der Waals surface area (Å²) < 4.78 is 27.1. The summed E-state index contributed by atoms with van der Waals surface area (Å²) in [5, 5.41) is 12.5. The van der Waals surface area contributed by atoms with Crippen LogP contribution < -0.4 is 5.32 Å². The summed E-state index contributed by atoms with van der Waals surface area (Å²) in [6, 6.07) is 3.04. The summed E-state index contributed by atoms with van der Waals surface area (Å²) >= 11 is 1.01. The molecule has 8 heteroatoms. The predicted octanol–water partition coefficient (Wildman–Crippen LogP) is 1.81. The minimum absolute atomic E-state index is 0.0433. The number of hydrogen-bond acceptors (Lipinski definition) is 5. The van der Waals surface area contributed by atoms with Crippen LogP contribution >= 0.6 is 11.3 Å². The van der Waals surface area contributed by atoms with Gasteiger partial charge in [-0.2, -0.15) is 4.31 Å². The Morgan fingerprint density at radius 1 is 1.33 bits per heavy atom. The Morgan fingerprint density at radius 3 is 2.54 bits per heavy atom. The lowest BCUT2D eigenvalue weighted by atomic mass is 9.77. The van der Waals surface area contributed by atoms with E-state index in [1.165, 1.54) is 10.4 Å². The first-order valence-electron chi connectivity index (χ1n) is 8.31. The Bertz CT molecular complexity index is 710. The lowest BCUT2D eigenvalue weighted by Crippen LogP contribution is -2.53. The fraction of sp³-hybridized carbons (Fsp3) is 0.688. The number of thiophene rings is 1. The molecule has 1 aliphatic heterocycles. The quantitative estimate of drug-likeness (QED) is 0.844. The number of sulfonamides is 1. The van der Waals surface area contributed by atoms with Gasteiger partial charge in [-0.15, -0.1) is 11.3 Å². The summed E-state index contributed by atoms with van der Waals surface area (Å²) in [5.74, 6) is 0.287. The molecule has 1 aliphatic carbocycles. The highest BCUT2D eigenvalue weighted by atomic mass is 32.2. The van der Waals surface area contributed by atoms with Crippen LogP contribution in [0.1, 0.15) is 49.2 Å². The molecule has 6 nitrogen and oxygen atoms in total. The van der Waals surface area contributed by atoms with Gasteiger partial charge in [0.2, 0.25) is 0 Å². The summed E-state index contributed by atoms with van der Waals surface area (Å²) in [6.45, 7) is 4.96. The number of carbonyl (C=O) groups is 1. The smallest absolute Gasteiger partial charge is 0.261 e. The molecule has 1 saturated heterocycles. The standard InChI is InChI=1S/C16H24N2O4S2/c1-11-5-7-18(8-6-11)24(21,22)14-4-3-13(23-14)15(19)17-12-9-16(2,20)10-12/h3-4,11-12,20H,5-10H2,1-2H3,(H,17,19). The van der Waals surface area contributed by atoms with Crippen LogP contribution in [-0.2, 0) is 10.0 Å². The second kappa shape index (κ2) is 6.40. The molecule has 134 valence electrons. The van der Waals surface area contributed by atoms with Crippen molar-refractivity contribution in [3.8, 4) is 0 Å². The molecule has 2 N–H and O–H groups in total. The van der Waals surface area contributed by atoms with Gasteiger partial charge in [-0.3, -0.25) is 4.79 Å². The third-order valence-corrected chi connectivity index (χ3v) is 8.30. The van der Waals surface area contributed by atoms with E-state index in [0.717, 1.165) is 24.2 Å². The van der Waals surface area contributed by atoms with Crippen LogP contribution in [-0.4, -0.2) is 48.5 Å². The van der Waals surface area contributed by atoms with E-state index < -0.39 is 15.6 Å². The minimum atomic E-state index is -3.50. The van der Waals surface area contributed by atoms with Crippen LogP contribution in [0.4, 0.5) is 0 Å². The molecule has 2 fully saturated rings. The van der Waals surface area contributed by atoms with E-state index in [0.29, 0.717) is 36.7 Å². The molecule has 0 unspecified atom stereocenters. The lowest BCUT2D eigenvalue weighted by molar-refractivity contribution is -0.0366. The third-order valence-electron chi connectivity index (χ3n) is 4.85. The van der Waals surface area contributed by atoms with Crippen molar-refractivity contribution >= 4 is 27.3 Å². The SMILES string of the molecule is CC1CCN(S(=O)(=O)c2ccc(C(=O)NC3CC(C)(O)C3)s2)CC1. The van der Waals surface area contributed by atoms with Crippen LogP contribution in [0.5, 0.6) is 0 Å². The average molecular weight is 373 g/mol. The number of aliphatic hydroxyl groups is 1. The summed E-state index contributed by atoms with van der Waals surface area (Å²) in [4.78, 5) is 12.6. The van der Waals surface area contributed by atoms with E-state index in [9.17, 15) is 18.3 Å². The first-order valence-corrected chi connectivity index (χ1v) is 10.6. The highest BCUT2D eigenvalue weighted by Crippen LogP contribution is 2.32. The van der Waals surface area contributed by atoms with Crippen LogP contribution in [0.3, 0.4) is 0 Å². The first-order chi connectivity index (χ1) is 11.2. The van der Waals surface area contributed by atoms with Gasteiger partial charge in [0.1, 0.15) is 4.21 Å². The van der Waals surface area contributed by atoms with Crippen LogP contribution in [0, 0.1) is 5.92 Å². The van der Waals surface area contributed by atoms with Gasteiger partial charge in [-0.1, -0.05) is 6.92 Å². The van der Waals surface area contributed by atoms with Crippen molar-refractivity contribution in [3.05, 3.63) is 17.0 Å². The molecule has 1 amide bonds. The Hall–Kier alpha value is -0.960. The van der Waals surface area contributed by atoms with Crippen molar-refractivity contribution in [2.24, 2.45) is 5.92 Å². The van der Waals surface area contributed by atoms with Gasteiger partial charge in [-0.05, 0) is 50.7 Å². The molecule has 24 heavy (non-hydrogen) atoms. The van der Waals surface area contributed by atoms with Gasteiger partial charge in [0.25, 0.3) is 15.9 Å². The molecule has 0 spiro atoms. The first kappa shape index (κ1) is 17.8. The number of piperidine rings is 1. The van der Waals surface area contributed by atoms with Gasteiger partial charge in [0.05, 0.1) is 10.5 Å². The largest absolute Gasteiger partial charge is 0.390 e. The van der Waals surface area contributed by atoms with Crippen molar-refractivity contribution < 1.29 is 18.3 Å². The topological polar surface area (TPSA) is 86.7 Å². The van der Waals surface area contributed by atoms with Gasteiger partial charge >= 0.3 is 0 Å². The second-order valence-electron chi connectivity index (χ2n) is 7.28. The van der Waals surface area contributed by atoms with Crippen molar-refractivity contribution in [1.29, 1.82) is 0 Å². The fourth-order valence-corrected chi connectivity index (χ4v) is 6.13. The number of rotatable bonds is 4. The summed E-state index contributed by atoms with van der Waals surface area (Å²) in [7, 11) is -3.50. The van der Waals surface area contributed by atoms with E-state index in [-0.39, 0.29) is 16.2 Å². The van der Waals surface area contributed by atoms with Gasteiger partial charge in [-0.25, -0.2) is 8.42 Å². The Labute approximate surface area is 146 Å². The molecule has 1 aromatic heterocycles. The van der Waals surface area contributed by atoms with Gasteiger partial charge < -0.3 is 10.4 Å². The normalized spacial score (nSPS) is 29.2. The molecule has 2 heterocycles. The number of nitrogens with zero attached hydrogens (tertiary/aromatic N) is 1. The van der Waals surface area contributed by atoms with Crippen molar-refractivity contribution in [2.45, 2.75) is 55.4 Å². The van der Waals surface area contributed by atoms with E-state index >= 15 is 0 Å². The Balaban J connectivity index is 1.65. The van der Waals surface area contributed by atoms with Gasteiger partial charge in [0, 0.05) is 19.1 Å². The Kier molecular flexibility index (Phi) is 4.76. The molecule has 1 saturated carbocycles. The van der Waals surface area contributed by atoms with Crippen LogP contribution in [0.2, 0.25) is 0 Å².